The van der Waals surface area contributed by atoms with Crippen molar-refractivity contribution in [2.24, 2.45) is 0 Å². The van der Waals surface area contributed by atoms with Crippen LogP contribution in [0.1, 0.15) is 5.56 Å². The standard InChI is InChI=1S/C16H16O9.2H2O/c1-6-4-10(17)24-9-5-7(2-3-8(6)9)23-16-13(20)11(18)12(19)14(25-16)15(21)22;;/h2-5,11-14,16,18-20H,1H3,(H,21,22);2*1H2/t11-,12+,13+,14-,16+;;/m0../s1. The van der Waals surface area contributed by atoms with Gasteiger partial charge in [0.2, 0.25) is 6.29 Å². The summed E-state index contributed by atoms with van der Waals surface area (Å²) in [5.41, 5.74) is 0.403. The van der Waals surface area contributed by atoms with Crippen LogP contribution in [-0.2, 0) is 9.53 Å². The Kier molecular flexibility index (Phi) is 7.03. The molecule has 150 valence electrons. The maximum atomic E-state index is 11.5. The molecule has 0 unspecified atom stereocenters. The molecule has 11 nitrogen and oxygen atoms in total. The van der Waals surface area contributed by atoms with E-state index in [1.165, 1.54) is 18.2 Å². The molecule has 0 amide bonds. The van der Waals surface area contributed by atoms with Crippen molar-refractivity contribution < 1.29 is 50.1 Å². The van der Waals surface area contributed by atoms with Crippen molar-refractivity contribution in [1.82, 2.24) is 0 Å². The van der Waals surface area contributed by atoms with Gasteiger partial charge >= 0.3 is 11.6 Å². The average Bonchev–Trinajstić information content (AvgIpc) is 2.54. The second-order valence-corrected chi connectivity index (χ2v) is 5.76. The Bertz CT molecular complexity index is 861. The number of rotatable bonds is 3. The van der Waals surface area contributed by atoms with Crippen molar-refractivity contribution in [2.45, 2.75) is 37.6 Å². The Morgan fingerprint density at radius 3 is 2.37 bits per heavy atom. The van der Waals surface area contributed by atoms with Gasteiger partial charge in [-0.2, -0.15) is 0 Å². The van der Waals surface area contributed by atoms with Gasteiger partial charge in [0.1, 0.15) is 29.6 Å². The zero-order chi connectivity index (χ0) is 18.3. The summed E-state index contributed by atoms with van der Waals surface area (Å²) in [6, 6.07) is 5.86. The van der Waals surface area contributed by atoms with Crippen molar-refractivity contribution in [2.75, 3.05) is 0 Å². The summed E-state index contributed by atoms with van der Waals surface area (Å²) in [6.45, 7) is 1.74. The van der Waals surface area contributed by atoms with Gasteiger partial charge in [-0.25, -0.2) is 9.59 Å². The number of aliphatic carboxylic acids is 1. The van der Waals surface area contributed by atoms with Crippen molar-refractivity contribution in [1.29, 1.82) is 0 Å². The fraction of sp³-hybridized carbons (Fsp3) is 0.375. The lowest BCUT2D eigenvalue weighted by atomic mass is 9.99. The smallest absolute Gasteiger partial charge is 0.336 e. The van der Waals surface area contributed by atoms with Gasteiger partial charge in [0.25, 0.3) is 0 Å². The van der Waals surface area contributed by atoms with Gasteiger partial charge in [0, 0.05) is 17.5 Å². The first kappa shape index (κ1) is 22.5. The third-order valence-corrected chi connectivity index (χ3v) is 3.99. The molecule has 1 aliphatic rings. The molecule has 0 spiro atoms. The highest BCUT2D eigenvalue weighted by atomic mass is 16.7. The molecule has 1 aliphatic heterocycles. The summed E-state index contributed by atoms with van der Waals surface area (Å²) in [7, 11) is 0. The summed E-state index contributed by atoms with van der Waals surface area (Å²) in [6.07, 6.45) is -8.53. The minimum atomic E-state index is -1.80. The molecule has 1 saturated heterocycles. The molecular weight excluding hydrogens is 368 g/mol. The van der Waals surface area contributed by atoms with E-state index in [9.17, 15) is 24.9 Å². The van der Waals surface area contributed by atoms with Gasteiger partial charge in [0.15, 0.2) is 6.10 Å². The lowest BCUT2D eigenvalue weighted by molar-refractivity contribution is -0.271. The average molecular weight is 388 g/mol. The molecule has 1 aromatic heterocycles. The van der Waals surface area contributed by atoms with Crippen molar-refractivity contribution in [3.63, 3.8) is 0 Å². The van der Waals surface area contributed by atoms with Crippen LogP contribution in [0.3, 0.4) is 0 Å². The Balaban J connectivity index is 0.00000182. The molecular formula is C16H20O11. The van der Waals surface area contributed by atoms with Crippen LogP contribution < -0.4 is 10.4 Å². The highest BCUT2D eigenvalue weighted by molar-refractivity contribution is 5.81. The second-order valence-electron chi connectivity index (χ2n) is 5.76. The number of fused-ring (bicyclic) bond motifs is 1. The third-order valence-electron chi connectivity index (χ3n) is 3.99. The molecule has 0 aliphatic carbocycles. The summed E-state index contributed by atoms with van der Waals surface area (Å²) in [5, 5.41) is 39.1. The van der Waals surface area contributed by atoms with E-state index in [1.54, 1.807) is 13.0 Å². The van der Waals surface area contributed by atoms with Crippen LogP contribution in [0.25, 0.3) is 11.0 Å². The normalized spacial score (nSPS) is 27.3. The largest absolute Gasteiger partial charge is 0.479 e. The van der Waals surface area contributed by atoms with Crippen LogP contribution in [0.15, 0.2) is 33.5 Å². The predicted octanol–water partition coefficient (Wildman–Crippen LogP) is -2.28. The summed E-state index contributed by atoms with van der Waals surface area (Å²) in [5.74, 6) is -1.38. The summed E-state index contributed by atoms with van der Waals surface area (Å²) in [4.78, 5) is 22.5. The fourth-order valence-electron chi connectivity index (χ4n) is 2.66. The number of hydrogen-bond donors (Lipinski definition) is 4. The number of aliphatic hydroxyl groups excluding tert-OH is 3. The topological polar surface area (TPSA) is 210 Å². The number of carboxylic acid groups (broad SMARTS) is 1. The zero-order valence-corrected chi connectivity index (χ0v) is 14.0. The number of benzene rings is 1. The van der Waals surface area contributed by atoms with E-state index < -0.39 is 42.3 Å². The lowest BCUT2D eigenvalue weighted by Gasteiger charge is -2.38. The molecule has 1 fully saturated rings. The van der Waals surface area contributed by atoms with E-state index in [2.05, 4.69) is 0 Å². The molecule has 1 aromatic carbocycles. The minimum Gasteiger partial charge on any atom is -0.479 e. The number of aryl methyl sites for hydroxylation is 1. The molecule has 11 heteroatoms. The zero-order valence-electron chi connectivity index (χ0n) is 14.0. The third kappa shape index (κ3) is 4.24. The molecule has 0 saturated carbocycles. The van der Waals surface area contributed by atoms with Crippen LogP contribution in [0.5, 0.6) is 5.75 Å². The molecule has 3 rings (SSSR count). The Labute approximate surface area is 151 Å². The van der Waals surface area contributed by atoms with Gasteiger partial charge in [-0.15, -0.1) is 0 Å². The molecule has 2 aromatic rings. The fourth-order valence-corrected chi connectivity index (χ4v) is 2.66. The van der Waals surface area contributed by atoms with E-state index in [0.29, 0.717) is 10.9 Å². The van der Waals surface area contributed by atoms with E-state index in [-0.39, 0.29) is 22.3 Å². The van der Waals surface area contributed by atoms with Gasteiger partial charge in [0.05, 0.1) is 0 Å². The van der Waals surface area contributed by atoms with Crippen LogP contribution in [0.2, 0.25) is 0 Å². The number of carbonyl (C=O) groups is 1. The minimum absolute atomic E-state index is 0. The molecule has 0 radical (unpaired) electrons. The first-order valence-corrected chi connectivity index (χ1v) is 7.41. The Hall–Kier alpha value is -2.54. The number of hydrogen-bond acceptors (Lipinski definition) is 8. The van der Waals surface area contributed by atoms with Crippen LogP contribution >= 0.6 is 0 Å². The highest BCUT2D eigenvalue weighted by Gasteiger charge is 2.48. The van der Waals surface area contributed by atoms with Crippen molar-refractivity contribution >= 4 is 16.9 Å². The number of aliphatic hydroxyl groups is 3. The molecule has 8 N–H and O–H groups in total. The van der Waals surface area contributed by atoms with E-state index >= 15 is 0 Å². The van der Waals surface area contributed by atoms with Crippen LogP contribution in [0, 0.1) is 6.92 Å². The van der Waals surface area contributed by atoms with Gasteiger partial charge in [-0.3, -0.25) is 0 Å². The maximum Gasteiger partial charge on any atom is 0.336 e. The van der Waals surface area contributed by atoms with E-state index in [4.69, 9.17) is 19.0 Å². The predicted molar refractivity (Wildman–Crippen MR) is 89.4 cm³/mol. The maximum absolute atomic E-state index is 11.5. The van der Waals surface area contributed by atoms with E-state index in [0.717, 1.165) is 0 Å². The molecule has 2 heterocycles. The first-order chi connectivity index (χ1) is 11.8. The second kappa shape index (κ2) is 8.43. The summed E-state index contributed by atoms with van der Waals surface area (Å²) >= 11 is 0. The SMILES string of the molecule is Cc1cc(=O)oc2cc(O[C@@H]3O[C@H](C(=O)O)[C@H](O)[C@H](O)[C@H]3O)ccc12.O.O. The molecule has 0 bridgehead atoms. The van der Waals surface area contributed by atoms with Crippen LogP contribution in [0.4, 0.5) is 0 Å². The van der Waals surface area contributed by atoms with Gasteiger partial charge in [-0.05, 0) is 24.6 Å². The molecule has 5 atom stereocenters. The Morgan fingerprint density at radius 2 is 1.74 bits per heavy atom. The van der Waals surface area contributed by atoms with Gasteiger partial charge in [-0.1, -0.05) is 0 Å². The summed E-state index contributed by atoms with van der Waals surface area (Å²) < 4.78 is 15.5. The first-order valence-electron chi connectivity index (χ1n) is 7.41. The van der Waals surface area contributed by atoms with Crippen molar-refractivity contribution in [3.8, 4) is 5.75 Å². The van der Waals surface area contributed by atoms with Gasteiger partial charge < -0.3 is 45.3 Å². The monoisotopic (exact) mass is 388 g/mol. The van der Waals surface area contributed by atoms with E-state index in [1.807, 2.05) is 0 Å². The Morgan fingerprint density at radius 1 is 1.07 bits per heavy atom. The number of carboxylic acids is 1. The highest BCUT2D eigenvalue weighted by Crippen LogP contribution is 2.27. The molecule has 27 heavy (non-hydrogen) atoms. The quantitative estimate of drug-likeness (QED) is 0.417. The number of ether oxygens (including phenoxy) is 2. The van der Waals surface area contributed by atoms with Crippen molar-refractivity contribution in [3.05, 3.63) is 40.2 Å². The lowest BCUT2D eigenvalue weighted by Crippen LogP contribution is -2.61. The van der Waals surface area contributed by atoms with Crippen LogP contribution in [-0.4, -0.2) is 68.1 Å².